The molecule has 18 heavy (non-hydrogen) atoms. The molecule has 0 N–H and O–H groups in total. The molecule has 1 fully saturated rings. The Morgan fingerprint density at radius 1 is 1.17 bits per heavy atom. The van der Waals surface area contributed by atoms with Gasteiger partial charge in [-0.15, -0.1) is 0 Å². The molecule has 1 unspecified atom stereocenters. The quantitative estimate of drug-likeness (QED) is 0.806. The molecule has 2 aromatic rings. The number of nitrogens with zero attached hydrogens (tertiary/aromatic N) is 5. The van der Waals surface area contributed by atoms with E-state index in [9.17, 15) is 0 Å². The van der Waals surface area contributed by atoms with E-state index in [1.165, 1.54) is 5.56 Å². The second-order valence-corrected chi connectivity index (χ2v) is 4.90. The Bertz CT molecular complexity index is 531. The van der Waals surface area contributed by atoms with E-state index in [1.54, 1.807) is 0 Å². The van der Waals surface area contributed by atoms with E-state index < -0.39 is 0 Å². The summed E-state index contributed by atoms with van der Waals surface area (Å²) in [5.41, 5.74) is 2.17. The van der Waals surface area contributed by atoms with E-state index in [0.717, 1.165) is 31.0 Å². The van der Waals surface area contributed by atoms with Crippen LogP contribution in [0, 0.1) is 13.8 Å². The Labute approximate surface area is 106 Å². The lowest BCUT2D eigenvalue weighted by molar-refractivity contribution is 0.494. The normalized spacial score (nSPS) is 19.4. The number of hydrogen-bond donors (Lipinski definition) is 0. The first-order valence-electron chi connectivity index (χ1n) is 6.27. The van der Waals surface area contributed by atoms with Crippen molar-refractivity contribution in [3.05, 3.63) is 36.0 Å². The second-order valence-electron chi connectivity index (χ2n) is 4.90. The van der Waals surface area contributed by atoms with Crippen molar-refractivity contribution in [1.29, 1.82) is 0 Å². The van der Waals surface area contributed by atoms with E-state index in [4.69, 9.17) is 0 Å². The van der Waals surface area contributed by atoms with Crippen LogP contribution in [0.15, 0.2) is 24.8 Å². The fourth-order valence-electron chi connectivity index (χ4n) is 2.35. The maximum Gasteiger partial charge on any atom is 0.147 e. The average Bonchev–Trinajstić information content (AvgIpc) is 2.98. The third kappa shape index (κ3) is 2.08. The molecule has 0 bridgehead atoms. The summed E-state index contributed by atoms with van der Waals surface area (Å²) in [6.45, 7) is 6.00. The van der Waals surface area contributed by atoms with Crippen molar-refractivity contribution in [3.8, 4) is 0 Å². The molecule has 2 aromatic heterocycles. The third-order valence-corrected chi connectivity index (χ3v) is 3.36. The topological polar surface area (TPSA) is 46.8 Å². The number of aromatic nitrogens is 4. The summed E-state index contributed by atoms with van der Waals surface area (Å²) in [5.74, 6) is 0.965. The Hall–Kier alpha value is -1.91. The van der Waals surface area contributed by atoms with Crippen LogP contribution in [-0.2, 0) is 0 Å². The van der Waals surface area contributed by atoms with Gasteiger partial charge in [-0.25, -0.2) is 4.98 Å². The minimum absolute atomic E-state index is 0.446. The van der Waals surface area contributed by atoms with Crippen LogP contribution < -0.4 is 4.90 Å². The lowest BCUT2D eigenvalue weighted by Gasteiger charge is -2.17. The van der Waals surface area contributed by atoms with Crippen LogP contribution in [0.1, 0.15) is 23.7 Å². The summed E-state index contributed by atoms with van der Waals surface area (Å²) in [4.78, 5) is 11.0. The van der Waals surface area contributed by atoms with Crippen molar-refractivity contribution < 1.29 is 0 Å². The number of hydrogen-bond acceptors (Lipinski definition) is 4. The minimum Gasteiger partial charge on any atom is -0.353 e. The predicted molar refractivity (Wildman–Crippen MR) is 69.6 cm³/mol. The van der Waals surface area contributed by atoms with Gasteiger partial charge in [0.2, 0.25) is 0 Å². The van der Waals surface area contributed by atoms with Crippen molar-refractivity contribution >= 4 is 5.82 Å². The highest BCUT2D eigenvalue weighted by molar-refractivity contribution is 5.37. The Kier molecular flexibility index (Phi) is 2.74. The summed E-state index contributed by atoms with van der Waals surface area (Å²) in [6.07, 6.45) is 8.80. The summed E-state index contributed by atoms with van der Waals surface area (Å²) < 4.78 is 2.07. The first-order valence-corrected chi connectivity index (χ1v) is 6.27. The van der Waals surface area contributed by atoms with Gasteiger partial charge in [0, 0.05) is 19.3 Å². The molecular weight excluding hydrogens is 226 g/mol. The zero-order chi connectivity index (χ0) is 12.5. The SMILES string of the molecule is Cc1cnn(C2CCN(c3cnc(C)cn3)C2)c1. The Morgan fingerprint density at radius 3 is 2.72 bits per heavy atom. The molecule has 0 radical (unpaired) electrons. The smallest absolute Gasteiger partial charge is 0.147 e. The van der Waals surface area contributed by atoms with Gasteiger partial charge in [0.25, 0.3) is 0 Å². The molecule has 0 aliphatic carbocycles. The molecule has 3 rings (SSSR count). The van der Waals surface area contributed by atoms with E-state index in [-0.39, 0.29) is 0 Å². The number of rotatable bonds is 2. The molecule has 5 nitrogen and oxygen atoms in total. The summed E-state index contributed by atoms with van der Waals surface area (Å²) in [7, 11) is 0. The monoisotopic (exact) mass is 243 g/mol. The lowest BCUT2D eigenvalue weighted by atomic mass is 10.3. The first-order chi connectivity index (χ1) is 8.72. The van der Waals surface area contributed by atoms with Crippen LogP contribution >= 0.6 is 0 Å². The minimum atomic E-state index is 0.446. The molecule has 0 amide bonds. The van der Waals surface area contributed by atoms with Crippen LogP contribution in [0.25, 0.3) is 0 Å². The number of aryl methyl sites for hydroxylation is 2. The molecule has 1 aliphatic heterocycles. The highest BCUT2D eigenvalue weighted by Gasteiger charge is 2.25. The van der Waals surface area contributed by atoms with Crippen molar-refractivity contribution in [2.75, 3.05) is 18.0 Å². The highest BCUT2D eigenvalue weighted by atomic mass is 15.3. The van der Waals surface area contributed by atoms with Gasteiger partial charge in [-0.2, -0.15) is 5.10 Å². The maximum absolute atomic E-state index is 4.43. The molecule has 1 saturated heterocycles. The van der Waals surface area contributed by atoms with Crippen LogP contribution in [0.5, 0.6) is 0 Å². The van der Waals surface area contributed by atoms with E-state index in [2.05, 4.69) is 37.8 Å². The van der Waals surface area contributed by atoms with Gasteiger partial charge >= 0.3 is 0 Å². The van der Waals surface area contributed by atoms with Gasteiger partial charge in [-0.05, 0) is 25.8 Å². The zero-order valence-corrected chi connectivity index (χ0v) is 10.7. The van der Waals surface area contributed by atoms with Crippen molar-refractivity contribution in [2.45, 2.75) is 26.3 Å². The van der Waals surface area contributed by atoms with Gasteiger partial charge in [0.05, 0.1) is 30.3 Å². The molecule has 5 heteroatoms. The standard InChI is InChI=1S/C13H17N5/c1-10-5-16-18(8-10)12-3-4-17(9-12)13-7-14-11(2)6-15-13/h5-8,12H,3-4,9H2,1-2H3. The molecule has 1 aliphatic rings. The summed E-state index contributed by atoms with van der Waals surface area (Å²) in [5, 5.41) is 4.39. The van der Waals surface area contributed by atoms with Gasteiger partial charge in [0.1, 0.15) is 5.82 Å². The summed E-state index contributed by atoms with van der Waals surface area (Å²) >= 11 is 0. The van der Waals surface area contributed by atoms with E-state index >= 15 is 0 Å². The van der Waals surface area contributed by atoms with Gasteiger partial charge in [-0.1, -0.05) is 0 Å². The zero-order valence-electron chi connectivity index (χ0n) is 10.7. The van der Waals surface area contributed by atoms with Crippen LogP contribution in [0.4, 0.5) is 5.82 Å². The fourth-order valence-corrected chi connectivity index (χ4v) is 2.35. The largest absolute Gasteiger partial charge is 0.353 e. The molecule has 3 heterocycles. The van der Waals surface area contributed by atoms with Gasteiger partial charge < -0.3 is 4.90 Å². The van der Waals surface area contributed by atoms with Crippen LogP contribution in [0.3, 0.4) is 0 Å². The fraction of sp³-hybridized carbons (Fsp3) is 0.462. The molecule has 1 atom stereocenters. The Morgan fingerprint density at radius 2 is 2.06 bits per heavy atom. The molecule has 0 aromatic carbocycles. The molecule has 0 saturated carbocycles. The van der Waals surface area contributed by atoms with Gasteiger partial charge in [-0.3, -0.25) is 9.67 Å². The highest BCUT2D eigenvalue weighted by Crippen LogP contribution is 2.24. The third-order valence-electron chi connectivity index (χ3n) is 3.36. The maximum atomic E-state index is 4.43. The van der Waals surface area contributed by atoms with Crippen LogP contribution in [0.2, 0.25) is 0 Å². The lowest BCUT2D eigenvalue weighted by Crippen LogP contribution is -2.22. The van der Waals surface area contributed by atoms with Crippen molar-refractivity contribution in [2.24, 2.45) is 0 Å². The molecule has 0 spiro atoms. The number of anilines is 1. The van der Waals surface area contributed by atoms with Gasteiger partial charge in [0.15, 0.2) is 0 Å². The van der Waals surface area contributed by atoms with E-state index in [0.29, 0.717) is 6.04 Å². The van der Waals surface area contributed by atoms with Crippen molar-refractivity contribution in [3.63, 3.8) is 0 Å². The van der Waals surface area contributed by atoms with E-state index in [1.807, 2.05) is 25.5 Å². The molecular formula is C13H17N5. The Balaban J connectivity index is 1.73. The first kappa shape index (κ1) is 11.2. The second kappa shape index (κ2) is 4.40. The van der Waals surface area contributed by atoms with Crippen molar-refractivity contribution in [1.82, 2.24) is 19.7 Å². The van der Waals surface area contributed by atoms with Crippen LogP contribution in [-0.4, -0.2) is 32.8 Å². The predicted octanol–water partition coefficient (Wildman–Crippen LogP) is 1.74. The average molecular weight is 243 g/mol. The molecule has 94 valence electrons. The summed E-state index contributed by atoms with van der Waals surface area (Å²) in [6, 6.07) is 0.446.